The summed E-state index contributed by atoms with van der Waals surface area (Å²) >= 11 is 0. The zero-order chi connectivity index (χ0) is 13.2. The Kier molecular flexibility index (Phi) is 4.09. The average molecular weight is 242 g/mol. The van der Waals surface area contributed by atoms with Gasteiger partial charge in [0.25, 0.3) is 0 Å². The summed E-state index contributed by atoms with van der Waals surface area (Å²) in [5, 5.41) is 8.84. The number of carboxylic acid groups (broad SMARTS) is 1. The summed E-state index contributed by atoms with van der Waals surface area (Å²) in [6.07, 6.45) is -0.131. The SMILES string of the molecule is CC(=O)N1C[C@@H](CC(=O)O)N(C(C)=O)[C@H](C)C1. The molecule has 1 fully saturated rings. The van der Waals surface area contributed by atoms with Crippen LogP contribution in [0.15, 0.2) is 0 Å². The first kappa shape index (κ1) is 13.5. The Balaban J connectivity index is 2.87. The van der Waals surface area contributed by atoms with E-state index in [0.29, 0.717) is 13.1 Å². The van der Waals surface area contributed by atoms with Crippen LogP contribution in [0, 0.1) is 0 Å². The average Bonchev–Trinajstić information content (AvgIpc) is 2.14. The maximum atomic E-state index is 11.5. The van der Waals surface area contributed by atoms with Crippen LogP contribution in [-0.2, 0) is 14.4 Å². The van der Waals surface area contributed by atoms with Gasteiger partial charge in [-0.1, -0.05) is 0 Å². The fourth-order valence-corrected chi connectivity index (χ4v) is 2.37. The monoisotopic (exact) mass is 242 g/mol. The lowest BCUT2D eigenvalue weighted by Crippen LogP contribution is -2.60. The second-order valence-electron chi connectivity index (χ2n) is 4.45. The topological polar surface area (TPSA) is 77.9 Å². The summed E-state index contributed by atoms with van der Waals surface area (Å²) in [4.78, 5) is 36.8. The van der Waals surface area contributed by atoms with Gasteiger partial charge in [-0.05, 0) is 6.92 Å². The maximum absolute atomic E-state index is 11.5. The Morgan fingerprint density at radius 3 is 2.18 bits per heavy atom. The molecule has 1 N–H and O–H groups in total. The zero-order valence-electron chi connectivity index (χ0n) is 10.3. The van der Waals surface area contributed by atoms with Gasteiger partial charge in [0.15, 0.2) is 0 Å². The Hall–Kier alpha value is -1.59. The van der Waals surface area contributed by atoms with Crippen molar-refractivity contribution in [3.63, 3.8) is 0 Å². The van der Waals surface area contributed by atoms with E-state index in [2.05, 4.69) is 0 Å². The van der Waals surface area contributed by atoms with Crippen molar-refractivity contribution < 1.29 is 19.5 Å². The van der Waals surface area contributed by atoms with E-state index in [1.165, 1.54) is 13.8 Å². The first-order valence-corrected chi connectivity index (χ1v) is 5.59. The van der Waals surface area contributed by atoms with E-state index in [4.69, 9.17) is 5.11 Å². The molecule has 0 aromatic rings. The lowest BCUT2D eigenvalue weighted by Gasteiger charge is -2.44. The Labute approximate surface area is 100 Å². The number of hydrogen-bond donors (Lipinski definition) is 1. The highest BCUT2D eigenvalue weighted by Gasteiger charge is 2.35. The molecule has 6 nitrogen and oxygen atoms in total. The van der Waals surface area contributed by atoms with Gasteiger partial charge in [-0.25, -0.2) is 0 Å². The van der Waals surface area contributed by atoms with Gasteiger partial charge in [0.2, 0.25) is 11.8 Å². The van der Waals surface area contributed by atoms with Crippen molar-refractivity contribution in [1.82, 2.24) is 9.80 Å². The number of hydrogen-bond acceptors (Lipinski definition) is 3. The van der Waals surface area contributed by atoms with E-state index in [9.17, 15) is 14.4 Å². The van der Waals surface area contributed by atoms with Crippen LogP contribution in [0.5, 0.6) is 0 Å². The first-order valence-electron chi connectivity index (χ1n) is 5.59. The number of carbonyl (C=O) groups excluding carboxylic acids is 2. The van der Waals surface area contributed by atoms with E-state index in [1.54, 1.807) is 9.80 Å². The van der Waals surface area contributed by atoms with Gasteiger partial charge < -0.3 is 14.9 Å². The van der Waals surface area contributed by atoms with Crippen molar-refractivity contribution in [2.24, 2.45) is 0 Å². The Morgan fingerprint density at radius 2 is 1.76 bits per heavy atom. The lowest BCUT2D eigenvalue weighted by molar-refractivity contribution is -0.149. The van der Waals surface area contributed by atoms with Crippen LogP contribution >= 0.6 is 0 Å². The standard InChI is InChI=1S/C11H18N2O4/c1-7-5-12(8(2)14)6-10(4-11(16)17)13(7)9(3)15/h7,10H,4-6H2,1-3H3,(H,16,17)/t7-,10-/m1/s1. The minimum absolute atomic E-state index is 0.0876. The molecular weight excluding hydrogens is 224 g/mol. The number of nitrogens with zero attached hydrogens (tertiary/aromatic N) is 2. The first-order chi connectivity index (χ1) is 7.82. The van der Waals surface area contributed by atoms with Crippen molar-refractivity contribution in [3.8, 4) is 0 Å². The Morgan fingerprint density at radius 1 is 1.18 bits per heavy atom. The maximum Gasteiger partial charge on any atom is 0.305 e. The van der Waals surface area contributed by atoms with Crippen molar-refractivity contribution in [2.75, 3.05) is 13.1 Å². The fraction of sp³-hybridized carbons (Fsp3) is 0.727. The smallest absolute Gasteiger partial charge is 0.305 e. The third kappa shape index (κ3) is 3.18. The summed E-state index contributed by atoms with van der Waals surface area (Å²) in [7, 11) is 0. The number of amides is 2. The Bertz CT molecular complexity index is 342. The van der Waals surface area contributed by atoms with Gasteiger partial charge in [0.05, 0.1) is 12.5 Å². The van der Waals surface area contributed by atoms with Gasteiger partial charge in [0.1, 0.15) is 0 Å². The number of rotatable bonds is 2. The molecule has 1 aliphatic rings. The number of carbonyl (C=O) groups is 3. The van der Waals surface area contributed by atoms with Crippen LogP contribution in [0.4, 0.5) is 0 Å². The molecule has 0 unspecified atom stereocenters. The van der Waals surface area contributed by atoms with Crippen LogP contribution in [0.3, 0.4) is 0 Å². The molecule has 0 bridgehead atoms. The van der Waals surface area contributed by atoms with Gasteiger partial charge in [-0.3, -0.25) is 14.4 Å². The molecule has 0 radical (unpaired) electrons. The van der Waals surface area contributed by atoms with Gasteiger partial charge in [0, 0.05) is 33.0 Å². The van der Waals surface area contributed by atoms with E-state index in [-0.39, 0.29) is 24.3 Å². The van der Waals surface area contributed by atoms with Crippen molar-refractivity contribution >= 4 is 17.8 Å². The molecule has 2 atom stereocenters. The molecular formula is C11H18N2O4. The van der Waals surface area contributed by atoms with Gasteiger partial charge in [-0.2, -0.15) is 0 Å². The van der Waals surface area contributed by atoms with Gasteiger partial charge in [-0.15, -0.1) is 0 Å². The van der Waals surface area contributed by atoms with Crippen LogP contribution in [-0.4, -0.2) is 57.9 Å². The summed E-state index contributed by atoms with van der Waals surface area (Å²) in [6, 6.07) is -0.577. The molecule has 0 aromatic heterocycles. The molecule has 0 spiro atoms. The molecule has 0 aliphatic carbocycles. The van der Waals surface area contributed by atoms with Gasteiger partial charge >= 0.3 is 5.97 Å². The molecule has 6 heteroatoms. The lowest BCUT2D eigenvalue weighted by atomic mass is 10.0. The third-order valence-electron chi connectivity index (χ3n) is 3.00. The predicted octanol–water partition coefficient (Wildman–Crippen LogP) is -0.0712. The second kappa shape index (κ2) is 5.16. The van der Waals surface area contributed by atoms with Crippen LogP contribution in [0.25, 0.3) is 0 Å². The summed E-state index contributed by atoms with van der Waals surface area (Å²) in [5.41, 5.74) is 0. The molecule has 1 aliphatic heterocycles. The largest absolute Gasteiger partial charge is 0.481 e. The number of carboxylic acids is 1. The minimum Gasteiger partial charge on any atom is -0.481 e. The minimum atomic E-state index is -0.959. The zero-order valence-corrected chi connectivity index (χ0v) is 10.3. The number of aliphatic carboxylic acids is 1. The summed E-state index contributed by atoms with van der Waals surface area (Å²) in [5.74, 6) is -1.19. The summed E-state index contributed by atoms with van der Waals surface area (Å²) in [6.45, 7) is 5.46. The van der Waals surface area contributed by atoms with Crippen molar-refractivity contribution in [2.45, 2.75) is 39.3 Å². The predicted molar refractivity (Wildman–Crippen MR) is 60.3 cm³/mol. The highest BCUT2D eigenvalue weighted by Crippen LogP contribution is 2.18. The van der Waals surface area contributed by atoms with Crippen molar-refractivity contribution in [1.29, 1.82) is 0 Å². The normalized spacial score (nSPS) is 24.6. The summed E-state index contributed by atoms with van der Waals surface area (Å²) < 4.78 is 0. The van der Waals surface area contributed by atoms with E-state index < -0.39 is 12.0 Å². The van der Waals surface area contributed by atoms with Crippen LogP contribution < -0.4 is 0 Å². The second-order valence-corrected chi connectivity index (χ2v) is 4.45. The highest BCUT2D eigenvalue weighted by atomic mass is 16.4. The van der Waals surface area contributed by atoms with Crippen LogP contribution in [0.2, 0.25) is 0 Å². The molecule has 1 rings (SSSR count). The van der Waals surface area contributed by atoms with Crippen LogP contribution in [0.1, 0.15) is 27.2 Å². The molecule has 0 aromatic carbocycles. The van der Waals surface area contributed by atoms with E-state index in [1.807, 2.05) is 6.92 Å². The number of piperazine rings is 1. The molecule has 1 saturated heterocycles. The van der Waals surface area contributed by atoms with E-state index in [0.717, 1.165) is 0 Å². The molecule has 96 valence electrons. The highest BCUT2D eigenvalue weighted by molar-refractivity contribution is 5.77. The van der Waals surface area contributed by atoms with E-state index >= 15 is 0 Å². The molecule has 0 saturated carbocycles. The molecule has 17 heavy (non-hydrogen) atoms. The molecule has 2 amide bonds. The third-order valence-corrected chi connectivity index (χ3v) is 3.00. The quantitative estimate of drug-likeness (QED) is 0.735. The van der Waals surface area contributed by atoms with Crippen molar-refractivity contribution in [3.05, 3.63) is 0 Å². The molecule has 1 heterocycles. The fourth-order valence-electron chi connectivity index (χ4n) is 2.37.